The Hall–Kier alpha value is -3.85. The third-order valence-electron chi connectivity index (χ3n) is 6.39. The fraction of sp³-hybridized carbons (Fsp3) is 0.296. The quantitative estimate of drug-likeness (QED) is 0.449. The van der Waals surface area contributed by atoms with Crippen molar-refractivity contribution < 1.29 is 23.8 Å². The van der Waals surface area contributed by atoms with Crippen LogP contribution in [0, 0.1) is 5.92 Å². The third kappa shape index (κ3) is 4.66. The normalized spacial score (nSPS) is 21.4. The Balaban J connectivity index is 1.79. The van der Waals surface area contributed by atoms with E-state index in [4.69, 9.17) is 19.2 Å². The average Bonchev–Trinajstić information content (AvgIpc) is 3.35. The largest absolute Gasteiger partial charge is 0.496 e. The number of ether oxygens (including phenoxy) is 3. The van der Waals surface area contributed by atoms with Crippen molar-refractivity contribution in [2.75, 3.05) is 26.6 Å². The smallest absolute Gasteiger partial charge is 0.336 e. The van der Waals surface area contributed by atoms with E-state index in [1.165, 1.54) is 25.6 Å². The minimum Gasteiger partial charge on any atom is -0.496 e. The van der Waals surface area contributed by atoms with Crippen LogP contribution in [-0.2, 0) is 19.1 Å². The number of allylic oxidation sites excluding steroid dienone is 1. The third-order valence-corrected chi connectivity index (χ3v) is 7.15. The summed E-state index contributed by atoms with van der Waals surface area (Å²) >= 11 is 1.41. The van der Waals surface area contributed by atoms with Crippen molar-refractivity contribution in [2.45, 2.75) is 25.4 Å². The highest BCUT2D eigenvalue weighted by Gasteiger charge is 2.52. The van der Waals surface area contributed by atoms with Gasteiger partial charge in [0.25, 0.3) is 0 Å². The molecule has 3 unspecified atom stereocenters. The molecule has 1 aliphatic rings. The van der Waals surface area contributed by atoms with E-state index in [1.807, 2.05) is 66.9 Å². The molecular formula is C27H29N3O5S. The molecule has 0 aliphatic carbocycles. The van der Waals surface area contributed by atoms with E-state index < -0.39 is 29.4 Å². The fourth-order valence-electron chi connectivity index (χ4n) is 4.82. The molecule has 1 aromatic heterocycles. The highest BCUT2D eigenvalue weighted by molar-refractivity contribution is 7.14. The van der Waals surface area contributed by atoms with Gasteiger partial charge in [0.1, 0.15) is 17.3 Å². The molecular weight excluding hydrogens is 478 g/mol. The lowest BCUT2D eigenvalue weighted by Crippen LogP contribution is -2.62. The number of para-hydroxylation sites is 1. The zero-order valence-electron chi connectivity index (χ0n) is 20.8. The Bertz CT molecular complexity index is 1290. The number of anilines is 1. The summed E-state index contributed by atoms with van der Waals surface area (Å²) in [7, 11) is 4.30. The van der Waals surface area contributed by atoms with Crippen LogP contribution in [0.5, 0.6) is 5.75 Å². The summed E-state index contributed by atoms with van der Waals surface area (Å²) in [5.41, 5.74) is 2.36. The van der Waals surface area contributed by atoms with Crippen molar-refractivity contribution in [3.8, 4) is 17.0 Å². The maximum absolute atomic E-state index is 13.3. The maximum atomic E-state index is 13.3. The van der Waals surface area contributed by atoms with Crippen LogP contribution in [0.2, 0.25) is 0 Å². The topological polar surface area (TPSA) is 98.8 Å². The van der Waals surface area contributed by atoms with E-state index in [0.717, 1.165) is 22.6 Å². The van der Waals surface area contributed by atoms with Crippen LogP contribution in [0.1, 0.15) is 25.3 Å². The number of rotatable bonds is 7. The summed E-state index contributed by atoms with van der Waals surface area (Å²) < 4.78 is 15.8. The van der Waals surface area contributed by atoms with Crippen molar-refractivity contribution in [2.24, 2.45) is 5.92 Å². The highest BCUT2D eigenvalue weighted by atomic mass is 32.1. The number of methoxy groups -OCH3 is 3. The number of nitrogens with zero attached hydrogens (tertiary/aromatic N) is 1. The summed E-state index contributed by atoms with van der Waals surface area (Å²) in [4.78, 5) is 31.0. The summed E-state index contributed by atoms with van der Waals surface area (Å²) in [5.74, 6) is -1.69. The molecule has 9 heteroatoms. The summed E-state index contributed by atoms with van der Waals surface area (Å²) in [6.07, 6.45) is 0. The molecule has 2 heterocycles. The molecule has 4 rings (SSSR count). The lowest BCUT2D eigenvalue weighted by Gasteiger charge is -2.46. The number of hydrogen-bond donors (Lipinski definition) is 2. The molecule has 0 bridgehead atoms. The van der Waals surface area contributed by atoms with Crippen LogP contribution >= 0.6 is 11.3 Å². The molecule has 0 saturated heterocycles. The van der Waals surface area contributed by atoms with Gasteiger partial charge in [0.15, 0.2) is 5.13 Å². The lowest BCUT2D eigenvalue weighted by molar-refractivity contribution is -0.149. The van der Waals surface area contributed by atoms with E-state index in [-0.39, 0.29) is 0 Å². The molecule has 36 heavy (non-hydrogen) atoms. The first-order chi connectivity index (χ1) is 17.3. The van der Waals surface area contributed by atoms with Crippen LogP contribution in [0.25, 0.3) is 11.3 Å². The molecule has 8 nitrogen and oxygen atoms in total. The standard InChI is InChI=1S/C27H29N3O5S/c1-16-21(24(31)34-4)22(17-11-7-6-8-12-17)23(25(32)35-5)27(2,29-16)30-26-28-19(15-36-26)18-13-9-10-14-20(18)33-3/h6-15,22-23,29H,1-5H3,(H,28,30). The minimum atomic E-state index is -1.04. The van der Waals surface area contributed by atoms with Crippen molar-refractivity contribution >= 4 is 28.4 Å². The van der Waals surface area contributed by atoms with E-state index in [9.17, 15) is 9.59 Å². The van der Waals surface area contributed by atoms with E-state index in [2.05, 4.69) is 10.6 Å². The van der Waals surface area contributed by atoms with Gasteiger partial charge in [-0.3, -0.25) is 4.79 Å². The van der Waals surface area contributed by atoms with Gasteiger partial charge >= 0.3 is 11.9 Å². The molecule has 0 radical (unpaired) electrons. The summed E-state index contributed by atoms with van der Waals surface area (Å²) in [6, 6.07) is 17.1. The number of benzene rings is 2. The number of carbonyl (C=O) groups excluding carboxylic acids is 2. The number of nitrogens with one attached hydrogen (secondary N) is 2. The zero-order valence-corrected chi connectivity index (χ0v) is 21.6. The molecule has 3 atom stereocenters. The Labute approximate surface area is 214 Å². The maximum Gasteiger partial charge on any atom is 0.336 e. The van der Waals surface area contributed by atoms with Gasteiger partial charge in [-0.1, -0.05) is 42.5 Å². The van der Waals surface area contributed by atoms with Gasteiger partial charge in [-0.25, -0.2) is 9.78 Å². The first kappa shape index (κ1) is 25.2. The SMILES string of the molecule is COC(=O)C1=C(C)NC(C)(Nc2nc(-c3ccccc3OC)cs2)C(C(=O)OC)C1c1ccccc1. The Morgan fingerprint density at radius 3 is 2.39 bits per heavy atom. The average molecular weight is 508 g/mol. The van der Waals surface area contributed by atoms with Gasteiger partial charge in [0.2, 0.25) is 0 Å². The van der Waals surface area contributed by atoms with Crippen LogP contribution in [-0.4, -0.2) is 43.9 Å². The summed E-state index contributed by atoms with van der Waals surface area (Å²) in [5, 5.41) is 9.30. The zero-order chi connectivity index (χ0) is 25.9. The molecule has 188 valence electrons. The van der Waals surface area contributed by atoms with Crippen molar-refractivity contribution in [1.82, 2.24) is 10.3 Å². The molecule has 0 amide bonds. The first-order valence-corrected chi connectivity index (χ1v) is 12.3. The van der Waals surface area contributed by atoms with E-state index in [0.29, 0.717) is 16.4 Å². The second kappa shape index (κ2) is 10.4. The van der Waals surface area contributed by atoms with Gasteiger partial charge in [-0.05, 0) is 31.5 Å². The predicted octanol–water partition coefficient (Wildman–Crippen LogP) is 4.57. The summed E-state index contributed by atoms with van der Waals surface area (Å²) in [6.45, 7) is 3.67. The highest BCUT2D eigenvalue weighted by Crippen LogP contribution is 2.45. The van der Waals surface area contributed by atoms with Gasteiger partial charge in [0.05, 0.1) is 32.6 Å². The van der Waals surface area contributed by atoms with Gasteiger partial charge in [0, 0.05) is 22.6 Å². The molecule has 0 saturated carbocycles. The van der Waals surface area contributed by atoms with Gasteiger partial charge < -0.3 is 24.8 Å². The van der Waals surface area contributed by atoms with Crippen molar-refractivity contribution in [3.63, 3.8) is 0 Å². The monoisotopic (exact) mass is 507 g/mol. The number of esters is 2. The lowest BCUT2D eigenvalue weighted by atomic mass is 9.71. The molecule has 2 aromatic carbocycles. The fourth-order valence-corrected chi connectivity index (χ4v) is 5.64. The number of aromatic nitrogens is 1. The second-order valence-electron chi connectivity index (χ2n) is 8.61. The van der Waals surface area contributed by atoms with E-state index in [1.54, 1.807) is 14.0 Å². The van der Waals surface area contributed by atoms with Gasteiger partial charge in [-0.15, -0.1) is 11.3 Å². The second-order valence-corrected chi connectivity index (χ2v) is 9.47. The van der Waals surface area contributed by atoms with Crippen LogP contribution < -0.4 is 15.4 Å². The molecule has 2 N–H and O–H groups in total. The van der Waals surface area contributed by atoms with Crippen molar-refractivity contribution in [3.05, 3.63) is 76.8 Å². The predicted molar refractivity (Wildman–Crippen MR) is 139 cm³/mol. The molecule has 0 spiro atoms. The first-order valence-electron chi connectivity index (χ1n) is 11.4. The van der Waals surface area contributed by atoms with Gasteiger partial charge in [-0.2, -0.15) is 0 Å². The Kier molecular flexibility index (Phi) is 7.30. The van der Waals surface area contributed by atoms with Crippen molar-refractivity contribution in [1.29, 1.82) is 0 Å². The molecule has 1 aliphatic heterocycles. The minimum absolute atomic E-state index is 0.382. The number of thiazole rings is 1. The number of hydrogen-bond acceptors (Lipinski definition) is 9. The number of carbonyl (C=O) groups is 2. The Morgan fingerprint density at radius 1 is 1.03 bits per heavy atom. The van der Waals surface area contributed by atoms with Crippen LogP contribution in [0.4, 0.5) is 5.13 Å². The van der Waals surface area contributed by atoms with Crippen LogP contribution in [0.15, 0.2) is 71.2 Å². The van der Waals surface area contributed by atoms with Crippen LogP contribution in [0.3, 0.4) is 0 Å². The molecule has 0 fully saturated rings. The Morgan fingerprint density at radius 2 is 1.72 bits per heavy atom. The van der Waals surface area contributed by atoms with E-state index >= 15 is 0 Å². The molecule has 3 aromatic rings.